The van der Waals surface area contributed by atoms with Crippen molar-refractivity contribution in [1.29, 1.82) is 0 Å². The van der Waals surface area contributed by atoms with E-state index in [1.54, 1.807) is 12.1 Å². The van der Waals surface area contributed by atoms with Crippen molar-refractivity contribution < 1.29 is 9.59 Å². The Morgan fingerprint density at radius 1 is 0.933 bits per heavy atom. The monoisotopic (exact) mass is 200 g/mol. The maximum Gasteiger partial charge on any atom is 0.167 e. The Morgan fingerprint density at radius 2 is 1.33 bits per heavy atom. The molecule has 0 aliphatic heterocycles. The van der Waals surface area contributed by atoms with Crippen LogP contribution < -0.4 is 0 Å². The highest BCUT2D eigenvalue weighted by atomic mass is 16.1. The Kier molecular flexibility index (Phi) is 1.40. The first kappa shape index (κ1) is 8.84. The lowest BCUT2D eigenvalue weighted by Crippen LogP contribution is -2.19. The molecule has 0 spiro atoms. The average Bonchev–Trinajstić information content (AvgIpc) is 2.79. The lowest BCUT2D eigenvalue weighted by atomic mass is 9.90. The molecule has 0 aromatic heterocycles. The first-order valence-corrected chi connectivity index (χ1v) is 5.22. The van der Waals surface area contributed by atoms with E-state index in [4.69, 9.17) is 0 Å². The maximum atomic E-state index is 12.1. The van der Waals surface area contributed by atoms with Crippen LogP contribution in [0, 0.1) is 17.3 Å². The fourth-order valence-corrected chi connectivity index (χ4v) is 2.86. The molecular formula is C13H12O2. The quantitative estimate of drug-likeness (QED) is 0.644. The Labute approximate surface area is 88.3 Å². The van der Waals surface area contributed by atoms with Crippen molar-refractivity contribution in [2.75, 3.05) is 0 Å². The van der Waals surface area contributed by atoms with E-state index in [1.807, 2.05) is 26.0 Å². The third-order valence-corrected chi connectivity index (χ3v) is 3.85. The zero-order valence-corrected chi connectivity index (χ0v) is 8.78. The van der Waals surface area contributed by atoms with Crippen LogP contribution in [0.1, 0.15) is 34.6 Å². The van der Waals surface area contributed by atoms with Crippen LogP contribution in [0.2, 0.25) is 0 Å². The predicted octanol–water partition coefficient (Wildman–Crippen LogP) is 2.34. The van der Waals surface area contributed by atoms with Gasteiger partial charge in [0.15, 0.2) is 11.6 Å². The van der Waals surface area contributed by atoms with Gasteiger partial charge in [-0.25, -0.2) is 0 Å². The molecule has 2 atom stereocenters. The van der Waals surface area contributed by atoms with E-state index in [1.165, 1.54) is 0 Å². The number of hydrogen-bond acceptors (Lipinski definition) is 2. The summed E-state index contributed by atoms with van der Waals surface area (Å²) in [5.74, 6) is 0.167. The van der Waals surface area contributed by atoms with Crippen LogP contribution in [0.15, 0.2) is 24.3 Å². The third kappa shape index (κ3) is 0.895. The van der Waals surface area contributed by atoms with E-state index >= 15 is 0 Å². The summed E-state index contributed by atoms with van der Waals surface area (Å²) in [6.07, 6.45) is 0. The van der Waals surface area contributed by atoms with Crippen LogP contribution in [0.4, 0.5) is 0 Å². The number of Topliss-reactive ketones (excluding diaryl/α,β-unsaturated/α-hetero) is 2. The van der Waals surface area contributed by atoms with Crippen LogP contribution in [0.25, 0.3) is 0 Å². The summed E-state index contributed by atoms with van der Waals surface area (Å²) < 4.78 is 0. The van der Waals surface area contributed by atoms with Gasteiger partial charge in [0.2, 0.25) is 0 Å². The molecule has 1 fully saturated rings. The molecule has 2 heteroatoms. The van der Waals surface area contributed by atoms with Crippen molar-refractivity contribution in [2.45, 2.75) is 13.8 Å². The normalized spacial score (nSPS) is 30.8. The highest BCUT2D eigenvalue weighted by Crippen LogP contribution is 2.62. The second-order valence-corrected chi connectivity index (χ2v) is 5.05. The van der Waals surface area contributed by atoms with Crippen molar-refractivity contribution in [3.8, 4) is 0 Å². The number of hydrogen-bond donors (Lipinski definition) is 0. The minimum absolute atomic E-state index is 0.0695. The van der Waals surface area contributed by atoms with Crippen molar-refractivity contribution in [3.63, 3.8) is 0 Å². The molecule has 0 saturated heterocycles. The van der Waals surface area contributed by atoms with Crippen molar-refractivity contribution >= 4 is 11.6 Å². The molecule has 15 heavy (non-hydrogen) atoms. The van der Waals surface area contributed by atoms with Crippen LogP contribution in [0.5, 0.6) is 0 Å². The zero-order valence-electron chi connectivity index (χ0n) is 8.78. The van der Waals surface area contributed by atoms with Gasteiger partial charge < -0.3 is 0 Å². The fourth-order valence-electron chi connectivity index (χ4n) is 2.86. The molecule has 0 unspecified atom stereocenters. The molecule has 1 saturated carbocycles. The van der Waals surface area contributed by atoms with Gasteiger partial charge in [0.25, 0.3) is 0 Å². The maximum absolute atomic E-state index is 12.1. The molecule has 2 nitrogen and oxygen atoms in total. The number of fused-ring (bicyclic) bond motifs is 2. The predicted molar refractivity (Wildman–Crippen MR) is 55.9 cm³/mol. The fraction of sp³-hybridized carbons (Fsp3) is 0.385. The number of benzene rings is 1. The van der Waals surface area contributed by atoms with E-state index < -0.39 is 0 Å². The topological polar surface area (TPSA) is 34.1 Å². The highest BCUT2D eigenvalue weighted by Gasteiger charge is 2.67. The summed E-state index contributed by atoms with van der Waals surface area (Å²) in [4.78, 5) is 24.1. The Hall–Kier alpha value is -1.44. The summed E-state index contributed by atoms with van der Waals surface area (Å²) in [5, 5.41) is 0. The van der Waals surface area contributed by atoms with Gasteiger partial charge in [-0.05, 0) is 5.41 Å². The summed E-state index contributed by atoms with van der Waals surface area (Å²) in [6.45, 7) is 4.01. The van der Waals surface area contributed by atoms with Gasteiger partial charge in [0.1, 0.15) is 0 Å². The minimum Gasteiger partial charge on any atom is -0.294 e. The summed E-state index contributed by atoms with van der Waals surface area (Å²) in [5.41, 5.74) is 1.11. The summed E-state index contributed by atoms with van der Waals surface area (Å²) in [6, 6.07) is 7.17. The van der Waals surface area contributed by atoms with Gasteiger partial charge in [-0.3, -0.25) is 9.59 Å². The molecule has 0 bridgehead atoms. The Morgan fingerprint density at radius 3 is 1.73 bits per heavy atom. The standard InChI is InChI=1S/C13H12O2/c1-13(2)9-10(13)12(15)8-6-4-3-5-7(8)11(9)14/h3-6,9-10H,1-2H3/t9-,10+. The van der Waals surface area contributed by atoms with E-state index in [9.17, 15) is 9.59 Å². The van der Waals surface area contributed by atoms with Crippen LogP contribution >= 0.6 is 0 Å². The SMILES string of the molecule is CC1(C)[C@@H]2C(=O)c3ccccc3C(=O)[C@@H]21. The molecule has 0 radical (unpaired) electrons. The molecule has 76 valence electrons. The number of carbonyl (C=O) groups excluding carboxylic acids is 2. The van der Waals surface area contributed by atoms with Gasteiger partial charge in [0, 0.05) is 23.0 Å². The zero-order chi connectivity index (χ0) is 10.8. The minimum atomic E-state index is -0.132. The third-order valence-electron chi connectivity index (χ3n) is 3.85. The number of carbonyl (C=O) groups is 2. The van der Waals surface area contributed by atoms with Crippen LogP contribution in [-0.4, -0.2) is 11.6 Å². The average molecular weight is 200 g/mol. The van der Waals surface area contributed by atoms with Crippen molar-refractivity contribution in [3.05, 3.63) is 35.4 Å². The number of rotatable bonds is 0. The van der Waals surface area contributed by atoms with Crippen LogP contribution in [-0.2, 0) is 0 Å². The van der Waals surface area contributed by atoms with Crippen LogP contribution in [0.3, 0.4) is 0 Å². The van der Waals surface area contributed by atoms with E-state index in [2.05, 4.69) is 0 Å². The van der Waals surface area contributed by atoms with Gasteiger partial charge in [-0.15, -0.1) is 0 Å². The highest BCUT2D eigenvalue weighted by molar-refractivity contribution is 6.19. The van der Waals surface area contributed by atoms with Gasteiger partial charge in [-0.1, -0.05) is 38.1 Å². The second-order valence-electron chi connectivity index (χ2n) is 5.05. The lowest BCUT2D eigenvalue weighted by molar-refractivity contribution is 0.0878. The van der Waals surface area contributed by atoms with Gasteiger partial charge in [0.05, 0.1) is 0 Å². The first-order valence-electron chi connectivity index (χ1n) is 5.22. The molecule has 1 aromatic carbocycles. The smallest absolute Gasteiger partial charge is 0.167 e. The first-order chi connectivity index (χ1) is 7.05. The molecule has 0 heterocycles. The second kappa shape index (κ2) is 2.38. The molecule has 2 aliphatic carbocycles. The van der Waals surface area contributed by atoms with E-state index in [0.29, 0.717) is 11.1 Å². The summed E-state index contributed by atoms with van der Waals surface area (Å²) in [7, 11) is 0. The molecule has 0 amide bonds. The largest absolute Gasteiger partial charge is 0.294 e. The van der Waals surface area contributed by atoms with Crippen molar-refractivity contribution in [1.82, 2.24) is 0 Å². The van der Waals surface area contributed by atoms with E-state index in [0.717, 1.165) is 0 Å². The molecule has 0 N–H and O–H groups in total. The Bertz CT molecular complexity index is 442. The van der Waals surface area contributed by atoms with Crippen molar-refractivity contribution in [2.24, 2.45) is 17.3 Å². The van der Waals surface area contributed by atoms with Gasteiger partial charge in [-0.2, -0.15) is 0 Å². The molecule has 2 aliphatic rings. The molecule has 3 rings (SSSR count). The lowest BCUT2D eigenvalue weighted by Gasteiger charge is -2.11. The van der Waals surface area contributed by atoms with E-state index in [-0.39, 0.29) is 28.8 Å². The van der Waals surface area contributed by atoms with Gasteiger partial charge >= 0.3 is 0 Å². The number of ketones is 2. The Balaban J connectivity index is 2.21. The molecule has 1 aromatic rings. The molecular weight excluding hydrogens is 188 g/mol. The summed E-state index contributed by atoms with van der Waals surface area (Å²) >= 11 is 0.